The summed E-state index contributed by atoms with van der Waals surface area (Å²) in [6.07, 6.45) is 5.51. The number of fused-ring (bicyclic) bond motifs is 2. The van der Waals surface area contributed by atoms with Crippen LogP contribution in [0.5, 0.6) is 5.75 Å². The van der Waals surface area contributed by atoms with Gasteiger partial charge in [0.2, 0.25) is 0 Å². The van der Waals surface area contributed by atoms with Gasteiger partial charge in [-0.05, 0) is 57.0 Å². The fourth-order valence-corrected chi connectivity index (χ4v) is 4.62. The SMILES string of the molecule is COc1ccc(SC2C[C@H]3CC[C@@H](C2)N3C)cc1. The molecule has 1 aromatic rings. The van der Waals surface area contributed by atoms with Gasteiger partial charge < -0.3 is 9.64 Å². The first kappa shape index (κ1) is 12.4. The minimum absolute atomic E-state index is 0.798. The van der Waals surface area contributed by atoms with Crippen molar-refractivity contribution >= 4 is 11.8 Å². The Labute approximate surface area is 114 Å². The zero-order valence-electron chi connectivity index (χ0n) is 11.1. The largest absolute Gasteiger partial charge is 0.497 e. The van der Waals surface area contributed by atoms with Crippen LogP contribution < -0.4 is 4.74 Å². The van der Waals surface area contributed by atoms with E-state index in [-0.39, 0.29) is 0 Å². The Morgan fingerprint density at radius 3 is 2.28 bits per heavy atom. The van der Waals surface area contributed by atoms with E-state index in [0.29, 0.717) is 0 Å². The molecule has 0 amide bonds. The van der Waals surface area contributed by atoms with Gasteiger partial charge in [0.25, 0.3) is 0 Å². The lowest BCUT2D eigenvalue weighted by Gasteiger charge is -2.36. The Morgan fingerprint density at radius 1 is 1.11 bits per heavy atom. The lowest BCUT2D eigenvalue weighted by molar-refractivity contribution is 0.183. The molecule has 2 fully saturated rings. The van der Waals surface area contributed by atoms with Crippen LogP contribution in [0, 0.1) is 0 Å². The molecule has 0 aromatic heterocycles. The number of methoxy groups -OCH3 is 1. The third-order valence-corrected chi connectivity index (χ3v) is 5.68. The summed E-state index contributed by atoms with van der Waals surface area (Å²) in [5.74, 6) is 0.947. The monoisotopic (exact) mass is 263 g/mol. The van der Waals surface area contributed by atoms with Gasteiger partial charge in [-0.15, -0.1) is 11.8 Å². The van der Waals surface area contributed by atoms with E-state index in [1.165, 1.54) is 30.6 Å². The van der Waals surface area contributed by atoms with Crippen molar-refractivity contribution in [1.29, 1.82) is 0 Å². The van der Waals surface area contributed by atoms with Gasteiger partial charge in [0, 0.05) is 22.2 Å². The van der Waals surface area contributed by atoms with Crippen LogP contribution in [0.25, 0.3) is 0 Å². The molecule has 18 heavy (non-hydrogen) atoms. The molecule has 3 heteroatoms. The Bertz CT molecular complexity index is 391. The quantitative estimate of drug-likeness (QED) is 0.829. The molecule has 0 N–H and O–H groups in total. The molecular weight excluding hydrogens is 242 g/mol. The predicted octanol–water partition coefficient (Wildman–Crippen LogP) is 3.41. The molecule has 0 aliphatic carbocycles. The van der Waals surface area contributed by atoms with E-state index in [9.17, 15) is 0 Å². The Hall–Kier alpha value is -0.670. The Morgan fingerprint density at radius 2 is 1.72 bits per heavy atom. The molecule has 2 saturated heterocycles. The normalized spacial score (nSPS) is 31.6. The summed E-state index contributed by atoms with van der Waals surface area (Å²) in [5, 5.41) is 0.798. The average Bonchev–Trinajstić information content (AvgIpc) is 2.63. The van der Waals surface area contributed by atoms with Crippen LogP contribution in [0.4, 0.5) is 0 Å². The van der Waals surface area contributed by atoms with Crippen molar-refractivity contribution in [3.63, 3.8) is 0 Å². The van der Waals surface area contributed by atoms with Crippen LogP contribution in [-0.4, -0.2) is 36.4 Å². The second-order valence-electron chi connectivity index (χ2n) is 5.44. The first-order valence-electron chi connectivity index (χ1n) is 6.79. The summed E-state index contributed by atoms with van der Waals surface area (Å²) in [5.41, 5.74) is 0. The van der Waals surface area contributed by atoms with E-state index in [1.807, 2.05) is 0 Å². The van der Waals surface area contributed by atoms with Gasteiger partial charge in [0.15, 0.2) is 0 Å². The second kappa shape index (κ2) is 5.14. The number of hydrogen-bond acceptors (Lipinski definition) is 3. The van der Waals surface area contributed by atoms with Gasteiger partial charge in [-0.1, -0.05) is 0 Å². The van der Waals surface area contributed by atoms with Gasteiger partial charge in [-0.3, -0.25) is 0 Å². The van der Waals surface area contributed by atoms with Crippen LogP contribution in [0.15, 0.2) is 29.2 Å². The van der Waals surface area contributed by atoms with Gasteiger partial charge in [-0.2, -0.15) is 0 Å². The van der Waals surface area contributed by atoms with Crippen LogP contribution in [0.1, 0.15) is 25.7 Å². The van der Waals surface area contributed by atoms with Crippen LogP contribution in [-0.2, 0) is 0 Å². The molecule has 3 rings (SSSR count). The molecule has 2 heterocycles. The zero-order chi connectivity index (χ0) is 12.5. The number of nitrogens with zero attached hydrogens (tertiary/aromatic N) is 1. The Kier molecular flexibility index (Phi) is 3.53. The van der Waals surface area contributed by atoms with Crippen molar-refractivity contribution in [2.45, 2.75) is 47.9 Å². The lowest BCUT2D eigenvalue weighted by Crippen LogP contribution is -2.40. The molecule has 3 atom stereocenters. The van der Waals surface area contributed by atoms with Crippen molar-refractivity contribution < 1.29 is 4.74 Å². The highest BCUT2D eigenvalue weighted by molar-refractivity contribution is 8.00. The third kappa shape index (κ3) is 2.39. The maximum atomic E-state index is 5.20. The van der Waals surface area contributed by atoms with Crippen molar-refractivity contribution in [3.8, 4) is 5.75 Å². The van der Waals surface area contributed by atoms with Crippen molar-refractivity contribution in [2.75, 3.05) is 14.2 Å². The van der Waals surface area contributed by atoms with Crippen molar-refractivity contribution in [3.05, 3.63) is 24.3 Å². The molecule has 0 spiro atoms. The fourth-order valence-electron chi connectivity index (χ4n) is 3.30. The topological polar surface area (TPSA) is 12.5 Å². The summed E-state index contributed by atoms with van der Waals surface area (Å²) in [6.45, 7) is 0. The molecule has 2 nitrogen and oxygen atoms in total. The minimum Gasteiger partial charge on any atom is -0.497 e. The minimum atomic E-state index is 0.798. The maximum Gasteiger partial charge on any atom is 0.118 e. The number of ether oxygens (including phenoxy) is 1. The predicted molar refractivity (Wildman–Crippen MR) is 76.4 cm³/mol. The fraction of sp³-hybridized carbons (Fsp3) is 0.600. The maximum absolute atomic E-state index is 5.20. The van der Waals surface area contributed by atoms with Gasteiger partial charge in [0.1, 0.15) is 5.75 Å². The summed E-state index contributed by atoms with van der Waals surface area (Å²) in [4.78, 5) is 3.98. The zero-order valence-corrected chi connectivity index (χ0v) is 12.0. The summed E-state index contributed by atoms with van der Waals surface area (Å²) >= 11 is 2.05. The average molecular weight is 263 g/mol. The lowest BCUT2D eigenvalue weighted by atomic mass is 10.0. The molecule has 1 aromatic carbocycles. The van der Waals surface area contributed by atoms with Crippen LogP contribution in [0.2, 0.25) is 0 Å². The molecule has 1 unspecified atom stereocenters. The molecule has 0 saturated carbocycles. The van der Waals surface area contributed by atoms with Crippen LogP contribution in [0.3, 0.4) is 0 Å². The van der Waals surface area contributed by atoms with E-state index in [0.717, 1.165) is 23.1 Å². The summed E-state index contributed by atoms with van der Waals surface area (Å²) in [6, 6.07) is 10.2. The standard InChI is InChI=1S/C15H21NOS/c1-16-11-3-4-12(16)10-15(9-11)18-14-7-5-13(17-2)6-8-14/h5-8,11-12,15H,3-4,9-10H2,1-2H3/t11-,12+,15?. The third-order valence-electron chi connectivity index (χ3n) is 4.42. The molecular formula is C15H21NOS. The van der Waals surface area contributed by atoms with Gasteiger partial charge in [-0.25, -0.2) is 0 Å². The Balaban J connectivity index is 1.63. The van der Waals surface area contributed by atoms with Crippen molar-refractivity contribution in [1.82, 2.24) is 4.90 Å². The number of piperidine rings is 1. The van der Waals surface area contributed by atoms with E-state index < -0.39 is 0 Å². The van der Waals surface area contributed by atoms with E-state index in [1.54, 1.807) is 7.11 Å². The van der Waals surface area contributed by atoms with Crippen LogP contribution >= 0.6 is 11.8 Å². The molecule has 0 radical (unpaired) electrons. The number of thioether (sulfide) groups is 1. The summed E-state index contributed by atoms with van der Waals surface area (Å²) < 4.78 is 5.20. The van der Waals surface area contributed by atoms with E-state index >= 15 is 0 Å². The summed E-state index contributed by atoms with van der Waals surface area (Å²) in [7, 11) is 4.02. The first-order chi connectivity index (χ1) is 8.76. The van der Waals surface area contributed by atoms with Crippen molar-refractivity contribution in [2.24, 2.45) is 0 Å². The van der Waals surface area contributed by atoms with Gasteiger partial charge >= 0.3 is 0 Å². The molecule has 2 bridgehead atoms. The first-order valence-corrected chi connectivity index (χ1v) is 7.67. The molecule has 2 aliphatic rings. The van der Waals surface area contributed by atoms with E-state index in [2.05, 4.69) is 48.0 Å². The number of rotatable bonds is 3. The molecule has 98 valence electrons. The molecule has 2 aliphatic heterocycles. The van der Waals surface area contributed by atoms with E-state index in [4.69, 9.17) is 4.74 Å². The highest BCUT2D eigenvalue weighted by Crippen LogP contribution is 2.41. The smallest absolute Gasteiger partial charge is 0.118 e. The highest BCUT2D eigenvalue weighted by Gasteiger charge is 2.38. The number of benzene rings is 1. The number of hydrogen-bond donors (Lipinski definition) is 0. The second-order valence-corrected chi connectivity index (χ2v) is 6.81. The van der Waals surface area contributed by atoms with Gasteiger partial charge in [0.05, 0.1) is 7.11 Å². The highest BCUT2D eigenvalue weighted by atomic mass is 32.2.